The Morgan fingerprint density at radius 1 is 0.839 bits per heavy atom. The highest BCUT2D eigenvalue weighted by atomic mass is 16.2. The predicted molar refractivity (Wildman–Crippen MR) is 125 cm³/mol. The van der Waals surface area contributed by atoms with E-state index in [2.05, 4.69) is 28.4 Å². The van der Waals surface area contributed by atoms with Crippen LogP contribution in [-0.2, 0) is 6.54 Å². The molecule has 0 saturated carbocycles. The number of anilines is 2. The first-order valence-corrected chi connectivity index (χ1v) is 10.7. The van der Waals surface area contributed by atoms with Crippen LogP contribution < -0.4 is 10.2 Å². The van der Waals surface area contributed by atoms with Gasteiger partial charge in [0.1, 0.15) is 0 Å². The first-order valence-electron chi connectivity index (χ1n) is 10.7. The molecule has 3 aromatic carbocycles. The first-order chi connectivity index (χ1) is 15.1. The van der Waals surface area contributed by atoms with Gasteiger partial charge in [-0.05, 0) is 60.9 Å². The molecule has 0 radical (unpaired) electrons. The SMILES string of the molecule is CN(Cc1ccccc1N1CCCC1)C(=O)c1ccc(NC(=O)c2ccccc2)cc1. The van der Waals surface area contributed by atoms with Crippen LogP contribution in [-0.4, -0.2) is 36.9 Å². The minimum atomic E-state index is -0.171. The Hall–Kier alpha value is -3.60. The molecule has 1 N–H and O–H groups in total. The standard InChI is InChI=1S/C26H27N3O2/c1-28(19-22-11-5-6-12-24(22)29-17-7-8-18-29)26(31)21-13-15-23(16-14-21)27-25(30)20-9-3-2-4-10-20/h2-6,9-16H,7-8,17-19H2,1H3,(H,27,30). The summed E-state index contributed by atoms with van der Waals surface area (Å²) in [7, 11) is 1.83. The molecule has 5 nitrogen and oxygen atoms in total. The molecule has 5 heteroatoms. The Morgan fingerprint density at radius 3 is 2.19 bits per heavy atom. The summed E-state index contributed by atoms with van der Waals surface area (Å²) >= 11 is 0. The normalized spacial score (nSPS) is 13.1. The minimum absolute atomic E-state index is 0.0443. The van der Waals surface area contributed by atoms with E-state index in [1.165, 1.54) is 18.5 Å². The van der Waals surface area contributed by atoms with Crippen LogP contribution in [0.25, 0.3) is 0 Å². The molecule has 0 unspecified atom stereocenters. The molecule has 1 heterocycles. The van der Waals surface area contributed by atoms with E-state index in [1.54, 1.807) is 41.3 Å². The average molecular weight is 414 g/mol. The highest BCUT2D eigenvalue weighted by Gasteiger charge is 2.18. The van der Waals surface area contributed by atoms with E-state index in [0.717, 1.165) is 18.7 Å². The number of rotatable bonds is 6. The average Bonchev–Trinajstić information content (AvgIpc) is 3.35. The summed E-state index contributed by atoms with van der Waals surface area (Å²) in [4.78, 5) is 29.4. The summed E-state index contributed by atoms with van der Waals surface area (Å²) in [6.45, 7) is 2.70. The summed E-state index contributed by atoms with van der Waals surface area (Å²) in [5.74, 6) is -0.215. The van der Waals surface area contributed by atoms with Gasteiger partial charge in [-0.25, -0.2) is 0 Å². The Kier molecular flexibility index (Phi) is 6.32. The highest BCUT2D eigenvalue weighted by Crippen LogP contribution is 2.26. The molecular weight excluding hydrogens is 386 g/mol. The Morgan fingerprint density at radius 2 is 1.48 bits per heavy atom. The summed E-state index contributed by atoms with van der Waals surface area (Å²) < 4.78 is 0. The molecule has 0 atom stereocenters. The van der Waals surface area contributed by atoms with Gasteiger partial charge in [0.05, 0.1) is 0 Å². The van der Waals surface area contributed by atoms with Crippen molar-refractivity contribution >= 4 is 23.2 Å². The van der Waals surface area contributed by atoms with Crippen molar-refractivity contribution in [2.24, 2.45) is 0 Å². The smallest absolute Gasteiger partial charge is 0.255 e. The lowest BCUT2D eigenvalue weighted by Gasteiger charge is -2.24. The monoisotopic (exact) mass is 413 g/mol. The number of nitrogens with zero attached hydrogens (tertiary/aromatic N) is 2. The Labute approximate surface area is 183 Å². The number of amides is 2. The molecule has 1 saturated heterocycles. The molecule has 0 spiro atoms. The molecule has 158 valence electrons. The van der Waals surface area contributed by atoms with Crippen LogP contribution in [0, 0.1) is 0 Å². The van der Waals surface area contributed by atoms with Gasteiger partial charge in [0, 0.05) is 49.2 Å². The van der Waals surface area contributed by atoms with Crippen LogP contribution in [0.15, 0.2) is 78.9 Å². The fraction of sp³-hybridized carbons (Fsp3) is 0.231. The molecule has 0 bridgehead atoms. The fourth-order valence-corrected chi connectivity index (χ4v) is 3.95. The highest BCUT2D eigenvalue weighted by molar-refractivity contribution is 6.04. The van der Waals surface area contributed by atoms with Crippen LogP contribution in [0.3, 0.4) is 0 Å². The van der Waals surface area contributed by atoms with Crippen molar-refractivity contribution < 1.29 is 9.59 Å². The van der Waals surface area contributed by atoms with Crippen molar-refractivity contribution in [1.29, 1.82) is 0 Å². The van der Waals surface area contributed by atoms with Crippen LogP contribution >= 0.6 is 0 Å². The van der Waals surface area contributed by atoms with Crippen molar-refractivity contribution in [2.75, 3.05) is 30.4 Å². The zero-order valence-electron chi connectivity index (χ0n) is 17.8. The van der Waals surface area contributed by atoms with E-state index in [9.17, 15) is 9.59 Å². The van der Waals surface area contributed by atoms with Gasteiger partial charge in [0.2, 0.25) is 0 Å². The Bertz CT molecular complexity index is 1040. The minimum Gasteiger partial charge on any atom is -0.371 e. The lowest BCUT2D eigenvalue weighted by Crippen LogP contribution is -2.28. The molecule has 1 aliphatic heterocycles. The van der Waals surface area contributed by atoms with Crippen molar-refractivity contribution in [1.82, 2.24) is 4.90 Å². The third kappa shape index (κ3) is 4.94. The summed E-state index contributed by atoms with van der Waals surface area (Å²) in [5.41, 5.74) is 4.23. The maximum Gasteiger partial charge on any atom is 0.255 e. The number of hydrogen-bond acceptors (Lipinski definition) is 3. The molecule has 4 rings (SSSR count). The second-order valence-corrected chi connectivity index (χ2v) is 7.88. The second-order valence-electron chi connectivity index (χ2n) is 7.88. The third-order valence-corrected chi connectivity index (χ3v) is 5.62. The van der Waals surface area contributed by atoms with Crippen molar-refractivity contribution in [3.05, 3.63) is 95.6 Å². The van der Waals surface area contributed by atoms with Gasteiger partial charge in [-0.1, -0.05) is 36.4 Å². The van der Waals surface area contributed by atoms with E-state index >= 15 is 0 Å². The van der Waals surface area contributed by atoms with E-state index in [0.29, 0.717) is 23.4 Å². The summed E-state index contributed by atoms with van der Waals surface area (Å²) in [5, 5.41) is 2.86. The van der Waals surface area contributed by atoms with Crippen molar-refractivity contribution in [3.8, 4) is 0 Å². The number of benzene rings is 3. The van der Waals surface area contributed by atoms with Gasteiger partial charge in [-0.3, -0.25) is 9.59 Å². The van der Waals surface area contributed by atoms with Crippen LogP contribution in [0.5, 0.6) is 0 Å². The molecule has 2 amide bonds. The Balaban J connectivity index is 1.41. The molecule has 0 aliphatic carbocycles. The molecule has 31 heavy (non-hydrogen) atoms. The van der Waals surface area contributed by atoms with Crippen molar-refractivity contribution in [2.45, 2.75) is 19.4 Å². The predicted octanol–water partition coefficient (Wildman–Crippen LogP) is 4.81. The second kappa shape index (κ2) is 9.47. The van der Waals surface area contributed by atoms with Gasteiger partial charge >= 0.3 is 0 Å². The van der Waals surface area contributed by atoms with Gasteiger partial charge in [0.25, 0.3) is 11.8 Å². The van der Waals surface area contributed by atoms with Crippen LogP contribution in [0.1, 0.15) is 39.1 Å². The number of para-hydroxylation sites is 1. The third-order valence-electron chi connectivity index (χ3n) is 5.62. The number of nitrogens with one attached hydrogen (secondary N) is 1. The van der Waals surface area contributed by atoms with Gasteiger partial charge in [0.15, 0.2) is 0 Å². The van der Waals surface area contributed by atoms with Crippen LogP contribution in [0.4, 0.5) is 11.4 Å². The maximum atomic E-state index is 13.0. The van der Waals surface area contributed by atoms with Crippen LogP contribution in [0.2, 0.25) is 0 Å². The quantitative estimate of drug-likeness (QED) is 0.631. The lowest BCUT2D eigenvalue weighted by atomic mass is 10.1. The molecule has 3 aromatic rings. The largest absolute Gasteiger partial charge is 0.371 e. The molecule has 1 fully saturated rings. The molecular formula is C26H27N3O2. The van der Waals surface area contributed by atoms with E-state index in [4.69, 9.17) is 0 Å². The summed E-state index contributed by atoms with van der Waals surface area (Å²) in [6, 6.07) is 24.4. The van der Waals surface area contributed by atoms with Gasteiger partial charge in [-0.2, -0.15) is 0 Å². The first kappa shape index (κ1) is 20.7. The van der Waals surface area contributed by atoms with E-state index in [1.807, 2.05) is 31.3 Å². The number of carbonyl (C=O) groups excluding carboxylic acids is 2. The van der Waals surface area contributed by atoms with E-state index < -0.39 is 0 Å². The maximum absolute atomic E-state index is 13.0. The zero-order chi connectivity index (χ0) is 21.6. The summed E-state index contributed by atoms with van der Waals surface area (Å²) in [6.07, 6.45) is 2.44. The van der Waals surface area contributed by atoms with E-state index in [-0.39, 0.29) is 11.8 Å². The topological polar surface area (TPSA) is 52.6 Å². The fourth-order valence-electron chi connectivity index (χ4n) is 3.95. The number of carbonyl (C=O) groups is 2. The molecule has 1 aliphatic rings. The molecule has 0 aromatic heterocycles. The zero-order valence-corrected chi connectivity index (χ0v) is 17.8. The van der Waals surface area contributed by atoms with Crippen molar-refractivity contribution in [3.63, 3.8) is 0 Å². The van der Waals surface area contributed by atoms with Gasteiger partial charge in [-0.15, -0.1) is 0 Å². The lowest BCUT2D eigenvalue weighted by molar-refractivity contribution is 0.0785. The number of hydrogen-bond donors (Lipinski definition) is 1. The van der Waals surface area contributed by atoms with Gasteiger partial charge < -0.3 is 15.1 Å².